The number of unbranched alkanes of at least 4 members (excludes halogenated alkanes) is 3. The molecule has 1 aromatic carbocycles. The summed E-state index contributed by atoms with van der Waals surface area (Å²) in [6, 6.07) is 4.47. The lowest BCUT2D eigenvalue weighted by atomic mass is 9.89. The van der Waals surface area contributed by atoms with Crippen molar-refractivity contribution in [3.05, 3.63) is 34.4 Å². The lowest BCUT2D eigenvalue weighted by Crippen LogP contribution is -2.14. The van der Waals surface area contributed by atoms with Gasteiger partial charge >= 0.3 is 11.9 Å². The van der Waals surface area contributed by atoms with E-state index in [9.17, 15) is 19.8 Å². The molecule has 0 spiro atoms. The van der Waals surface area contributed by atoms with Gasteiger partial charge in [-0.3, -0.25) is 9.59 Å². The lowest BCUT2D eigenvalue weighted by molar-refractivity contribution is -0.144. The van der Waals surface area contributed by atoms with Gasteiger partial charge in [0.25, 0.3) is 0 Å². The molecule has 0 saturated heterocycles. The molecular weight excluding hydrogens is 364 g/mol. The minimum Gasteiger partial charge on any atom is -0.481 e. The molecule has 1 aromatic rings. The van der Waals surface area contributed by atoms with E-state index in [2.05, 4.69) is 26.0 Å². The quantitative estimate of drug-likeness (QED) is 0.407. The van der Waals surface area contributed by atoms with Crippen molar-refractivity contribution in [1.82, 2.24) is 0 Å². The Balaban J connectivity index is 1.46. The van der Waals surface area contributed by atoms with E-state index in [0.717, 1.165) is 83.5 Å². The lowest BCUT2D eigenvalue weighted by Gasteiger charge is -2.16. The molecule has 2 fully saturated rings. The van der Waals surface area contributed by atoms with Crippen LogP contribution in [0.1, 0.15) is 92.9 Å². The normalized spacial score (nSPS) is 18.4. The van der Waals surface area contributed by atoms with Gasteiger partial charge in [-0.25, -0.2) is 0 Å². The van der Waals surface area contributed by atoms with Crippen molar-refractivity contribution in [2.75, 3.05) is 0 Å². The van der Waals surface area contributed by atoms with Crippen molar-refractivity contribution < 1.29 is 19.8 Å². The third-order valence-corrected chi connectivity index (χ3v) is 7.51. The molecule has 0 atom stereocenters. The van der Waals surface area contributed by atoms with Crippen molar-refractivity contribution >= 4 is 11.9 Å². The van der Waals surface area contributed by atoms with E-state index in [1.807, 2.05) is 0 Å². The van der Waals surface area contributed by atoms with E-state index in [0.29, 0.717) is 0 Å². The van der Waals surface area contributed by atoms with Gasteiger partial charge in [0, 0.05) is 0 Å². The molecule has 0 bridgehead atoms. The Kier molecular flexibility index (Phi) is 6.70. The molecule has 4 nitrogen and oxygen atoms in total. The summed E-state index contributed by atoms with van der Waals surface area (Å²) in [6.45, 7) is 4.37. The second-order valence-electron chi connectivity index (χ2n) is 9.58. The van der Waals surface area contributed by atoms with E-state index in [1.54, 1.807) is 0 Å². The number of hydrogen-bond donors (Lipinski definition) is 2. The number of carbonyl (C=O) groups is 2. The number of carboxylic acid groups (broad SMARTS) is 2. The molecule has 2 saturated carbocycles. The fraction of sp³-hybridized carbons (Fsp3) is 0.680. The van der Waals surface area contributed by atoms with Crippen molar-refractivity contribution in [2.24, 2.45) is 10.8 Å². The third kappa shape index (κ3) is 5.21. The zero-order chi connectivity index (χ0) is 21.1. The second kappa shape index (κ2) is 8.89. The Labute approximate surface area is 174 Å². The summed E-state index contributed by atoms with van der Waals surface area (Å²) in [4.78, 5) is 22.6. The van der Waals surface area contributed by atoms with Crippen LogP contribution >= 0.6 is 0 Å². The maximum Gasteiger partial charge on any atom is 0.309 e. The average molecular weight is 401 g/mol. The number of aliphatic carboxylic acids is 2. The molecule has 3 rings (SSSR count). The Bertz CT molecular complexity index is 756. The van der Waals surface area contributed by atoms with E-state index < -0.39 is 17.4 Å². The second-order valence-corrected chi connectivity index (χ2v) is 9.58. The Hall–Kier alpha value is -1.84. The number of aryl methyl sites for hydroxylation is 2. The average Bonchev–Trinajstić information content (AvgIpc) is 3.58. The van der Waals surface area contributed by atoms with Crippen LogP contribution in [0.15, 0.2) is 12.1 Å². The minimum atomic E-state index is -0.610. The number of hydrogen-bond acceptors (Lipinski definition) is 2. The maximum atomic E-state index is 11.3. The predicted molar refractivity (Wildman–Crippen MR) is 114 cm³/mol. The van der Waals surface area contributed by atoms with Crippen LogP contribution in [-0.4, -0.2) is 22.2 Å². The smallest absolute Gasteiger partial charge is 0.309 e. The Morgan fingerprint density at radius 2 is 1.31 bits per heavy atom. The summed E-state index contributed by atoms with van der Waals surface area (Å²) in [5, 5.41) is 18.6. The van der Waals surface area contributed by atoms with Crippen molar-refractivity contribution in [3.63, 3.8) is 0 Å². The van der Waals surface area contributed by atoms with E-state index in [4.69, 9.17) is 0 Å². The number of carboxylic acids is 2. The van der Waals surface area contributed by atoms with Gasteiger partial charge in [0.1, 0.15) is 0 Å². The summed E-state index contributed by atoms with van der Waals surface area (Å²) in [7, 11) is 0. The first-order chi connectivity index (χ1) is 13.8. The van der Waals surface area contributed by atoms with Gasteiger partial charge in [0.2, 0.25) is 0 Å². The molecule has 0 amide bonds. The van der Waals surface area contributed by atoms with Gasteiger partial charge < -0.3 is 10.2 Å². The molecule has 2 aliphatic carbocycles. The highest BCUT2D eigenvalue weighted by Gasteiger charge is 2.49. The highest BCUT2D eigenvalue weighted by Crippen LogP contribution is 2.50. The molecular formula is C25H36O4. The van der Waals surface area contributed by atoms with Crippen LogP contribution in [0.3, 0.4) is 0 Å². The van der Waals surface area contributed by atoms with Crippen LogP contribution < -0.4 is 0 Å². The van der Waals surface area contributed by atoms with Crippen LogP contribution in [0, 0.1) is 24.7 Å². The van der Waals surface area contributed by atoms with E-state index >= 15 is 0 Å². The number of rotatable bonds is 13. The van der Waals surface area contributed by atoms with Gasteiger partial charge in [-0.2, -0.15) is 0 Å². The highest BCUT2D eigenvalue weighted by atomic mass is 16.4. The summed E-state index contributed by atoms with van der Waals surface area (Å²) in [5.41, 5.74) is 4.79. The van der Waals surface area contributed by atoms with Gasteiger partial charge in [-0.1, -0.05) is 31.4 Å². The predicted octanol–water partition coefficient (Wildman–Crippen LogP) is 5.85. The minimum absolute atomic E-state index is 0.388. The standard InChI is InChI=1S/C25H36O4/c1-18-10-11-20(8-4-3-6-12-24(14-15-24)22(26)27)21(19(18)2)9-5-7-13-25(16-17-25)23(28)29/h10-11H,3-9,12-17H2,1-2H3,(H,26,27)(H,28,29). The van der Waals surface area contributed by atoms with Crippen LogP contribution in [-0.2, 0) is 22.4 Å². The first-order valence-electron chi connectivity index (χ1n) is 11.3. The van der Waals surface area contributed by atoms with Gasteiger partial charge in [-0.05, 0) is 100 Å². The van der Waals surface area contributed by atoms with Gasteiger partial charge in [-0.15, -0.1) is 0 Å². The van der Waals surface area contributed by atoms with Gasteiger partial charge in [0.15, 0.2) is 0 Å². The monoisotopic (exact) mass is 400 g/mol. The van der Waals surface area contributed by atoms with Crippen molar-refractivity contribution in [3.8, 4) is 0 Å². The van der Waals surface area contributed by atoms with Crippen LogP contribution in [0.25, 0.3) is 0 Å². The molecule has 160 valence electrons. The zero-order valence-electron chi connectivity index (χ0n) is 18.1. The summed E-state index contributed by atoms with van der Waals surface area (Å²) in [6.07, 6.45) is 12.3. The zero-order valence-corrected chi connectivity index (χ0v) is 18.1. The van der Waals surface area contributed by atoms with Crippen molar-refractivity contribution in [2.45, 2.75) is 97.3 Å². The first-order valence-corrected chi connectivity index (χ1v) is 11.3. The topological polar surface area (TPSA) is 74.6 Å². The molecule has 0 unspecified atom stereocenters. The summed E-state index contributed by atoms with van der Waals surface area (Å²) < 4.78 is 0. The first kappa shape index (κ1) is 21.9. The van der Waals surface area contributed by atoms with Crippen LogP contribution in [0.5, 0.6) is 0 Å². The van der Waals surface area contributed by atoms with E-state index in [1.165, 1.54) is 22.3 Å². The molecule has 0 aliphatic heterocycles. The fourth-order valence-electron chi connectivity index (χ4n) is 4.68. The van der Waals surface area contributed by atoms with Gasteiger partial charge in [0.05, 0.1) is 10.8 Å². The third-order valence-electron chi connectivity index (χ3n) is 7.51. The fourth-order valence-corrected chi connectivity index (χ4v) is 4.68. The molecule has 29 heavy (non-hydrogen) atoms. The SMILES string of the molecule is Cc1ccc(CCCCCC2(C(=O)O)CC2)c(CCCCC2(C(=O)O)CC2)c1C. The molecule has 0 aromatic heterocycles. The molecule has 0 radical (unpaired) electrons. The maximum absolute atomic E-state index is 11.3. The molecule has 4 heteroatoms. The van der Waals surface area contributed by atoms with Crippen molar-refractivity contribution in [1.29, 1.82) is 0 Å². The molecule has 2 N–H and O–H groups in total. The summed E-state index contributed by atoms with van der Waals surface area (Å²) in [5.74, 6) is -1.22. The Morgan fingerprint density at radius 1 is 0.793 bits per heavy atom. The summed E-state index contributed by atoms with van der Waals surface area (Å²) >= 11 is 0. The van der Waals surface area contributed by atoms with Crippen LogP contribution in [0.4, 0.5) is 0 Å². The molecule has 2 aliphatic rings. The largest absolute Gasteiger partial charge is 0.481 e. The molecule has 0 heterocycles. The highest BCUT2D eigenvalue weighted by molar-refractivity contribution is 5.78. The Morgan fingerprint density at radius 3 is 1.83 bits per heavy atom. The number of benzene rings is 1. The van der Waals surface area contributed by atoms with E-state index in [-0.39, 0.29) is 5.41 Å². The van der Waals surface area contributed by atoms with Crippen LogP contribution in [0.2, 0.25) is 0 Å².